The molecule has 1 rings (SSSR count). The van der Waals surface area contributed by atoms with Gasteiger partial charge in [-0.25, -0.2) is 0 Å². The van der Waals surface area contributed by atoms with Crippen LogP contribution in [0, 0.1) is 0 Å². The fourth-order valence-electron chi connectivity index (χ4n) is 1.27. The third-order valence-corrected chi connectivity index (χ3v) is 1.95. The first-order valence-corrected chi connectivity index (χ1v) is 4.08. The third kappa shape index (κ3) is 2.18. The number of hydrogen-bond acceptors (Lipinski definition) is 3. The molecule has 5 nitrogen and oxygen atoms in total. The molecule has 0 aliphatic carbocycles. The number of ether oxygens (including phenoxy) is 1. The van der Waals surface area contributed by atoms with E-state index < -0.39 is 11.6 Å². The van der Waals surface area contributed by atoms with Gasteiger partial charge < -0.3 is 14.7 Å². The number of amides is 1. The van der Waals surface area contributed by atoms with Gasteiger partial charge in [0, 0.05) is 6.54 Å². The molecule has 0 saturated carbocycles. The number of aliphatic carboxylic acids is 1. The zero-order chi connectivity index (χ0) is 10.1. The van der Waals surface area contributed by atoms with Crippen molar-refractivity contribution in [3.8, 4) is 0 Å². The summed E-state index contributed by atoms with van der Waals surface area (Å²) < 4.78 is 5.21. The molecular weight excluding hydrogens is 174 g/mol. The van der Waals surface area contributed by atoms with E-state index in [4.69, 9.17) is 9.84 Å². The summed E-state index contributed by atoms with van der Waals surface area (Å²) in [6.45, 7) is 3.79. The van der Waals surface area contributed by atoms with E-state index in [0.29, 0.717) is 13.2 Å². The molecule has 13 heavy (non-hydrogen) atoms. The Bertz CT molecular complexity index is 236. The van der Waals surface area contributed by atoms with Gasteiger partial charge in [0.25, 0.3) is 5.91 Å². The lowest BCUT2D eigenvalue weighted by atomic mass is 10.1. The fraction of sp³-hybridized carbons (Fsp3) is 0.750. The van der Waals surface area contributed by atoms with Crippen LogP contribution < -0.4 is 0 Å². The molecule has 0 bridgehead atoms. The fourth-order valence-corrected chi connectivity index (χ4v) is 1.27. The molecule has 1 fully saturated rings. The van der Waals surface area contributed by atoms with E-state index >= 15 is 0 Å². The van der Waals surface area contributed by atoms with Crippen molar-refractivity contribution in [1.29, 1.82) is 0 Å². The van der Waals surface area contributed by atoms with E-state index in [9.17, 15) is 9.59 Å². The van der Waals surface area contributed by atoms with E-state index in [0.717, 1.165) is 0 Å². The molecule has 0 aromatic heterocycles. The molecule has 1 amide bonds. The van der Waals surface area contributed by atoms with E-state index in [1.807, 2.05) is 0 Å². The molecule has 0 atom stereocenters. The van der Waals surface area contributed by atoms with Crippen molar-refractivity contribution in [2.45, 2.75) is 19.4 Å². The first-order chi connectivity index (χ1) is 5.93. The largest absolute Gasteiger partial charge is 0.480 e. The second kappa shape index (κ2) is 3.33. The Balaban J connectivity index is 2.66. The Kier molecular flexibility index (Phi) is 2.56. The van der Waals surface area contributed by atoms with Gasteiger partial charge in [-0.1, -0.05) is 0 Å². The minimum Gasteiger partial charge on any atom is -0.480 e. The smallest absolute Gasteiger partial charge is 0.323 e. The number of carbonyl (C=O) groups is 2. The molecule has 0 aromatic carbocycles. The standard InChI is InChI=1S/C8H13NO4/c1-8(2)7(12)9(3-4-13-8)5-6(10)11/h3-5H2,1-2H3,(H,10,11). The van der Waals surface area contributed by atoms with Gasteiger partial charge in [-0.15, -0.1) is 0 Å². The maximum Gasteiger partial charge on any atom is 0.323 e. The lowest BCUT2D eigenvalue weighted by molar-refractivity contribution is -0.169. The number of morpholine rings is 1. The Labute approximate surface area is 76.3 Å². The molecule has 0 aromatic rings. The predicted molar refractivity (Wildman–Crippen MR) is 44.2 cm³/mol. The molecule has 1 heterocycles. The Morgan fingerprint density at radius 1 is 1.69 bits per heavy atom. The van der Waals surface area contributed by atoms with Crippen molar-refractivity contribution in [2.75, 3.05) is 19.7 Å². The van der Waals surface area contributed by atoms with E-state index in [1.165, 1.54) is 4.90 Å². The highest BCUT2D eigenvalue weighted by atomic mass is 16.5. The van der Waals surface area contributed by atoms with Crippen LogP contribution in [0.3, 0.4) is 0 Å². The summed E-state index contributed by atoms with van der Waals surface area (Å²) in [5, 5.41) is 8.52. The Morgan fingerprint density at radius 3 is 2.85 bits per heavy atom. The number of carbonyl (C=O) groups excluding carboxylic acids is 1. The maximum atomic E-state index is 11.5. The van der Waals surface area contributed by atoms with Crippen LogP contribution in [0.15, 0.2) is 0 Å². The van der Waals surface area contributed by atoms with Crippen molar-refractivity contribution < 1.29 is 19.4 Å². The molecule has 74 valence electrons. The molecule has 5 heteroatoms. The van der Waals surface area contributed by atoms with E-state index in [-0.39, 0.29) is 12.5 Å². The zero-order valence-electron chi connectivity index (χ0n) is 7.74. The molecule has 1 saturated heterocycles. The Morgan fingerprint density at radius 2 is 2.31 bits per heavy atom. The number of nitrogens with zero attached hydrogens (tertiary/aromatic N) is 1. The summed E-state index contributed by atoms with van der Waals surface area (Å²) in [5.74, 6) is -1.26. The van der Waals surface area contributed by atoms with E-state index in [1.54, 1.807) is 13.8 Å². The molecule has 1 aliphatic rings. The van der Waals surface area contributed by atoms with Crippen LogP contribution in [-0.4, -0.2) is 47.2 Å². The van der Waals surface area contributed by atoms with Crippen LogP contribution >= 0.6 is 0 Å². The van der Waals surface area contributed by atoms with Gasteiger partial charge in [-0.05, 0) is 13.8 Å². The summed E-state index contributed by atoms with van der Waals surface area (Å²) in [6, 6.07) is 0. The highest BCUT2D eigenvalue weighted by Crippen LogP contribution is 2.17. The second-order valence-electron chi connectivity index (χ2n) is 3.48. The number of hydrogen-bond donors (Lipinski definition) is 1. The maximum absolute atomic E-state index is 11.5. The Hall–Kier alpha value is -1.10. The average Bonchev–Trinajstić information content (AvgIpc) is 1.98. The number of carboxylic acids is 1. The first-order valence-electron chi connectivity index (χ1n) is 4.08. The second-order valence-corrected chi connectivity index (χ2v) is 3.48. The van der Waals surface area contributed by atoms with Crippen LogP contribution in [0.25, 0.3) is 0 Å². The number of carboxylic acid groups (broad SMARTS) is 1. The summed E-state index contributed by atoms with van der Waals surface area (Å²) in [5.41, 5.74) is -0.881. The van der Waals surface area contributed by atoms with Gasteiger partial charge in [-0.3, -0.25) is 9.59 Å². The van der Waals surface area contributed by atoms with Gasteiger partial charge in [0.15, 0.2) is 0 Å². The minimum absolute atomic E-state index is 0.244. The van der Waals surface area contributed by atoms with Crippen molar-refractivity contribution in [1.82, 2.24) is 4.90 Å². The summed E-state index contributed by atoms with van der Waals surface area (Å²) in [6.07, 6.45) is 0. The normalized spacial score (nSPS) is 21.7. The van der Waals surface area contributed by atoms with Crippen molar-refractivity contribution in [2.24, 2.45) is 0 Å². The first kappa shape index (κ1) is 9.98. The van der Waals surface area contributed by atoms with E-state index in [2.05, 4.69) is 0 Å². The van der Waals surface area contributed by atoms with Crippen molar-refractivity contribution >= 4 is 11.9 Å². The van der Waals surface area contributed by atoms with Crippen molar-refractivity contribution in [3.63, 3.8) is 0 Å². The van der Waals surface area contributed by atoms with Gasteiger partial charge in [0.05, 0.1) is 6.61 Å². The topological polar surface area (TPSA) is 66.8 Å². The van der Waals surface area contributed by atoms with Gasteiger partial charge in [-0.2, -0.15) is 0 Å². The molecule has 0 spiro atoms. The number of rotatable bonds is 2. The van der Waals surface area contributed by atoms with Gasteiger partial charge in [0.1, 0.15) is 12.1 Å². The third-order valence-electron chi connectivity index (χ3n) is 1.95. The van der Waals surface area contributed by atoms with Crippen LogP contribution in [-0.2, 0) is 14.3 Å². The summed E-state index contributed by atoms with van der Waals surface area (Å²) in [4.78, 5) is 23.2. The zero-order valence-corrected chi connectivity index (χ0v) is 7.74. The molecule has 1 aliphatic heterocycles. The quantitative estimate of drug-likeness (QED) is 0.645. The van der Waals surface area contributed by atoms with Crippen LogP contribution in [0.4, 0.5) is 0 Å². The van der Waals surface area contributed by atoms with Gasteiger partial charge >= 0.3 is 5.97 Å². The van der Waals surface area contributed by atoms with Crippen LogP contribution in [0.2, 0.25) is 0 Å². The summed E-state index contributed by atoms with van der Waals surface area (Å²) in [7, 11) is 0. The SMILES string of the molecule is CC1(C)OCCN(CC(=O)O)C1=O. The molecule has 0 unspecified atom stereocenters. The molecular formula is C8H13NO4. The summed E-state index contributed by atoms with van der Waals surface area (Å²) >= 11 is 0. The highest BCUT2D eigenvalue weighted by Gasteiger charge is 2.37. The predicted octanol–water partition coefficient (Wildman–Crippen LogP) is -0.292. The lowest BCUT2D eigenvalue weighted by Gasteiger charge is -2.36. The molecule has 1 N–H and O–H groups in total. The van der Waals surface area contributed by atoms with Crippen molar-refractivity contribution in [3.05, 3.63) is 0 Å². The van der Waals surface area contributed by atoms with Gasteiger partial charge in [0.2, 0.25) is 0 Å². The highest BCUT2D eigenvalue weighted by molar-refractivity contribution is 5.87. The average molecular weight is 187 g/mol. The molecule has 0 radical (unpaired) electrons. The monoisotopic (exact) mass is 187 g/mol. The lowest BCUT2D eigenvalue weighted by Crippen LogP contribution is -2.54. The minimum atomic E-state index is -0.994. The van der Waals surface area contributed by atoms with Crippen LogP contribution in [0.5, 0.6) is 0 Å². The van der Waals surface area contributed by atoms with Crippen LogP contribution in [0.1, 0.15) is 13.8 Å².